The number of carbonyl (C=O) groups is 1. The number of nitrogens with zero attached hydrogens (tertiary/aromatic N) is 1. The minimum atomic E-state index is -3.68. The van der Waals surface area contributed by atoms with Gasteiger partial charge in [0.15, 0.2) is 0 Å². The van der Waals surface area contributed by atoms with E-state index in [1.807, 2.05) is 19.9 Å². The molecule has 1 unspecified atom stereocenters. The third-order valence-corrected chi connectivity index (χ3v) is 6.97. The molecule has 1 aliphatic heterocycles. The SMILES string of the molecule is Cc1cc(C)c(C)c(S(=O)(=O)N2CCC(C)(C(=O)O)C2)c1C. The molecule has 0 saturated carbocycles. The van der Waals surface area contributed by atoms with Crippen molar-refractivity contribution in [3.8, 4) is 0 Å². The van der Waals surface area contributed by atoms with Crippen LogP contribution >= 0.6 is 0 Å². The molecule has 1 atom stereocenters. The first kappa shape index (κ1) is 17.0. The first-order valence-electron chi connectivity index (χ1n) is 7.31. The van der Waals surface area contributed by atoms with E-state index in [0.717, 1.165) is 22.3 Å². The van der Waals surface area contributed by atoms with Crippen molar-refractivity contribution in [3.05, 3.63) is 28.3 Å². The molecule has 6 heteroatoms. The van der Waals surface area contributed by atoms with Crippen LogP contribution in [-0.4, -0.2) is 36.9 Å². The van der Waals surface area contributed by atoms with Gasteiger partial charge in [0.2, 0.25) is 10.0 Å². The van der Waals surface area contributed by atoms with Crippen LogP contribution in [0.2, 0.25) is 0 Å². The lowest BCUT2D eigenvalue weighted by atomic mass is 9.90. The minimum absolute atomic E-state index is 0.0243. The van der Waals surface area contributed by atoms with Gasteiger partial charge in [-0.25, -0.2) is 8.42 Å². The fraction of sp³-hybridized carbons (Fsp3) is 0.562. The lowest BCUT2D eigenvalue weighted by Crippen LogP contribution is -2.35. The summed E-state index contributed by atoms with van der Waals surface area (Å²) in [5.74, 6) is -0.945. The number of benzene rings is 1. The van der Waals surface area contributed by atoms with Crippen molar-refractivity contribution in [1.82, 2.24) is 4.31 Å². The molecule has 2 rings (SSSR count). The number of hydrogen-bond donors (Lipinski definition) is 1. The zero-order valence-electron chi connectivity index (χ0n) is 13.7. The molecule has 0 aromatic heterocycles. The first-order valence-corrected chi connectivity index (χ1v) is 8.75. The second-order valence-corrected chi connectivity index (χ2v) is 8.42. The Balaban J connectivity index is 2.52. The number of aliphatic carboxylic acids is 1. The van der Waals surface area contributed by atoms with Crippen molar-refractivity contribution < 1.29 is 18.3 Å². The highest BCUT2D eigenvalue weighted by Crippen LogP contribution is 2.36. The van der Waals surface area contributed by atoms with Crippen molar-refractivity contribution in [2.45, 2.75) is 45.9 Å². The van der Waals surface area contributed by atoms with Crippen LogP contribution in [-0.2, 0) is 14.8 Å². The molecule has 1 aromatic rings. The van der Waals surface area contributed by atoms with Crippen molar-refractivity contribution >= 4 is 16.0 Å². The summed E-state index contributed by atoms with van der Waals surface area (Å²) in [7, 11) is -3.68. The molecule has 0 bridgehead atoms. The average molecular weight is 325 g/mol. The third kappa shape index (κ3) is 2.54. The van der Waals surface area contributed by atoms with Crippen LogP contribution in [0.3, 0.4) is 0 Å². The Labute approximate surface area is 132 Å². The number of sulfonamides is 1. The van der Waals surface area contributed by atoms with E-state index in [4.69, 9.17) is 0 Å². The smallest absolute Gasteiger partial charge is 0.310 e. The highest BCUT2D eigenvalue weighted by Gasteiger charge is 2.45. The van der Waals surface area contributed by atoms with Crippen LogP contribution in [0.5, 0.6) is 0 Å². The fourth-order valence-electron chi connectivity index (χ4n) is 3.00. The van der Waals surface area contributed by atoms with E-state index in [2.05, 4.69) is 0 Å². The normalized spacial score (nSPS) is 23.0. The lowest BCUT2D eigenvalue weighted by Gasteiger charge is -2.23. The molecule has 0 spiro atoms. The molecular weight excluding hydrogens is 302 g/mol. The van der Waals surface area contributed by atoms with E-state index in [9.17, 15) is 18.3 Å². The Kier molecular flexibility index (Phi) is 4.13. The molecule has 1 saturated heterocycles. The van der Waals surface area contributed by atoms with Gasteiger partial charge in [0.05, 0.1) is 10.3 Å². The molecule has 0 amide bonds. The van der Waals surface area contributed by atoms with Gasteiger partial charge in [-0.15, -0.1) is 0 Å². The van der Waals surface area contributed by atoms with Gasteiger partial charge < -0.3 is 5.11 Å². The third-order valence-electron chi connectivity index (χ3n) is 4.85. The number of aryl methyl sites for hydroxylation is 2. The molecule has 1 fully saturated rings. The van der Waals surface area contributed by atoms with E-state index < -0.39 is 21.4 Å². The highest BCUT2D eigenvalue weighted by molar-refractivity contribution is 7.89. The lowest BCUT2D eigenvalue weighted by molar-refractivity contribution is -0.146. The van der Waals surface area contributed by atoms with E-state index in [1.54, 1.807) is 20.8 Å². The summed E-state index contributed by atoms with van der Waals surface area (Å²) in [6, 6.07) is 1.98. The maximum Gasteiger partial charge on any atom is 0.310 e. The number of carboxylic acid groups (broad SMARTS) is 1. The predicted octanol–water partition coefficient (Wildman–Crippen LogP) is 2.41. The molecule has 0 aliphatic carbocycles. The molecule has 122 valence electrons. The fourth-order valence-corrected chi connectivity index (χ4v) is 5.14. The molecular formula is C16H23NO4S. The zero-order chi connectivity index (χ0) is 16.9. The van der Waals surface area contributed by atoms with Gasteiger partial charge in [-0.3, -0.25) is 4.79 Å². The second kappa shape index (κ2) is 5.35. The minimum Gasteiger partial charge on any atom is -0.481 e. The zero-order valence-corrected chi connectivity index (χ0v) is 14.5. The summed E-state index contributed by atoms with van der Waals surface area (Å²) < 4.78 is 27.4. The van der Waals surface area contributed by atoms with E-state index in [1.165, 1.54) is 4.31 Å². The summed E-state index contributed by atoms with van der Waals surface area (Å²) in [5, 5.41) is 9.30. The summed E-state index contributed by atoms with van der Waals surface area (Å²) in [6.45, 7) is 9.28. The van der Waals surface area contributed by atoms with Crippen LogP contribution in [0.15, 0.2) is 11.0 Å². The molecule has 1 aromatic carbocycles. The van der Waals surface area contributed by atoms with Crippen molar-refractivity contribution in [2.24, 2.45) is 5.41 Å². The molecule has 1 N–H and O–H groups in total. The quantitative estimate of drug-likeness (QED) is 0.926. The van der Waals surface area contributed by atoms with Crippen molar-refractivity contribution in [2.75, 3.05) is 13.1 Å². The number of rotatable bonds is 3. The van der Waals surface area contributed by atoms with Crippen LogP contribution in [0.4, 0.5) is 0 Å². The van der Waals surface area contributed by atoms with Crippen LogP contribution in [0.25, 0.3) is 0 Å². The highest BCUT2D eigenvalue weighted by atomic mass is 32.2. The van der Waals surface area contributed by atoms with Gasteiger partial charge in [0.25, 0.3) is 0 Å². The maximum atomic E-state index is 13.0. The first-order chi connectivity index (χ1) is 10.0. The van der Waals surface area contributed by atoms with Gasteiger partial charge >= 0.3 is 5.97 Å². The summed E-state index contributed by atoms with van der Waals surface area (Å²) >= 11 is 0. The van der Waals surface area contributed by atoms with E-state index in [-0.39, 0.29) is 13.1 Å². The van der Waals surface area contributed by atoms with Gasteiger partial charge in [-0.2, -0.15) is 4.31 Å². The summed E-state index contributed by atoms with van der Waals surface area (Å²) in [5.41, 5.74) is 2.34. The van der Waals surface area contributed by atoms with Crippen molar-refractivity contribution in [3.63, 3.8) is 0 Å². The molecule has 22 heavy (non-hydrogen) atoms. The Morgan fingerprint density at radius 3 is 2.09 bits per heavy atom. The van der Waals surface area contributed by atoms with Crippen molar-refractivity contribution in [1.29, 1.82) is 0 Å². The van der Waals surface area contributed by atoms with Gasteiger partial charge in [0, 0.05) is 13.1 Å². The molecule has 1 heterocycles. The number of carboxylic acids is 1. The molecule has 1 aliphatic rings. The van der Waals surface area contributed by atoms with E-state index in [0.29, 0.717) is 11.3 Å². The van der Waals surface area contributed by atoms with Crippen LogP contribution in [0, 0.1) is 33.1 Å². The second-order valence-electron chi connectivity index (χ2n) is 6.54. The monoisotopic (exact) mass is 325 g/mol. The van der Waals surface area contributed by atoms with Gasteiger partial charge in [-0.1, -0.05) is 6.07 Å². The maximum absolute atomic E-state index is 13.0. The van der Waals surface area contributed by atoms with E-state index >= 15 is 0 Å². The summed E-state index contributed by atoms with van der Waals surface area (Å²) in [4.78, 5) is 11.7. The Morgan fingerprint density at radius 2 is 1.68 bits per heavy atom. The van der Waals surface area contributed by atoms with Gasteiger partial charge in [-0.05, 0) is 63.3 Å². The Bertz CT molecular complexity index is 713. The molecule has 5 nitrogen and oxygen atoms in total. The summed E-state index contributed by atoms with van der Waals surface area (Å²) in [6.07, 6.45) is 0.338. The van der Waals surface area contributed by atoms with Gasteiger partial charge in [0.1, 0.15) is 0 Å². The van der Waals surface area contributed by atoms with Crippen LogP contribution in [0.1, 0.15) is 35.6 Å². The largest absolute Gasteiger partial charge is 0.481 e. The van der Waals surface area contributed by atoms with Crippen LogP contribution < -0.4 is 0 Å². The predicted molar refractivity (Wildman–Crippen MR) is 84.5 cm³/mol. The average Bonchev–Trinajstić information content (AvgIpc) is 2.81. The Morgan fingerprint density at radius 1 is 1.18 bits per heavy atom. The Hall–Kier alpha value is -1.40. The molecule has 0 radical (unpaired) electrons. The number of hydrogen-bond acceptors (Lipinski definition) is 3. The topological polar surface area (TPSA) is 74.7 Å². The standard InChI is InChI=1S/C16H23NO4S/c1-10-8-11(2)13(4)14(12(10)3)22(20,21)17-7-6-16(5,9-17)15(18)19/h8H,6-7,9H2,1-5H3,(H,18,19).